The van der Waals surface area contributed by atoms with Crippen LogP contribution in [-0.4, -0.2) is 22.0 Å². The molecule has 96 valence electrons. The van der Waals surface area contributed by atoms with E-state index in [1.807, 2.05) is 34.7 Å². The van der Waals surface area contributed by atoms with Crippen molar-refractivity contribution in [1.82, 2.24) is 9.38 Å². The van der Waals surface area contributed by atoms with Gasteiger partial charge >= 0.3 is 5.97 Å². The number of aromatic nitrogens is 2. The highest BCUT2D eigenvalue weighted by Crippen LogP contribution is 2.21. The summed E-state index contributed by atoms with van der Waals surface area (Å²) in [4.78, 5) is 15.9. The van der Waals surface area contributed by atoms with E-state index >= 15 is 0 Å². The molecule has 0 amide bonds. The van der Waals surface area contributed by atoms with E-state index in [0.29, 0.717) is 23.0 Å². The minimum Gasteiger partial charge on any atom is -0.461 e. The molecule has 0 saturated carbocycles. The second kappa shape index (κ2) is 4.55. The fourth-order valence-corrected chi connectivity index (χ4v) is 2.23. The standard InChI is InChI=1S/C14H11ClN2O2/c1-2-19-14(18)11-8-17-12-5-4-10(15)7-9(12)3-6-13(17)16-11/h3-8H,2H2,1H3. The highest BCUT2D eigenvalue weighted by molar-refractivity contribution is 6.31. The van der Waals surface area contributed by atoms with Crippen LogP contribution in [-0.2, 0) is 4.74 Å². The molecular formula is C14H11ClN2O2. The van der Waals surface area contributed by atoms with Gasteiger partial charge in [-0.2, -0.15) is 0 Å². The third-order valence-corrected chi connectivity index (χ3v) is 3.11. The van der Waals surface area contributed by atoms with E-state index in [0.717, 1.165) is 10.9 Å². The highest BCUT2D eigenvalue weighted by atomic mass is 35.5. The molecule has 0 spiro atoms. The van der Waals surface area contributed by atoms with Gasteiger partial charge < -0.3 is 4.74 Å². The zero-order valence-corrected chi connectivity index (χ0v) is 11.0. The Morgan fingerprint density at radius 1 is 1.37 bits per heavy atom. The van der Waals surface area contributed by atoms with Crippen molar-refractivity contribution in [3.05, 3.63) is 47.2 Å². The van der Waals surface area contributed by atoms with Crippen LogP contribution in [0, 0.1) is 0 Å². The van der Waals surface area contributed by atoms with Crippen LogP contribution in [0.15, 0.2) is 36.5 Å². The lowest BCUT2D eigenvalue weighted by molar-refractivity contribution is 0.0520. The van der Waals surface area contributed by atoms with E-state index in [-0.39, 0.29) is 0 Å². The van der Waals surface area contributed by atoms with Gasteiger partial charge in [-0.15, -0.1) is 0 Å². The SMILES string of the molecule is CCOC(=O)c1cn2c(ccc3cc(Cl)ccc32)n1. The van der Waals surface area contributed by atoms with Gasteiger partial charge in [0.05, 0.1) is 12.1 Å². The second-order valence-corrected chi connectivity index (χ2v) is 4.55. The Balaban J connectivity index is 2.22. The second-order valence-electron chi connectivity index (χ2n) is 4.11. The smallest absolute Gasteiger partial charge is 0.358 e. The fourth-order valence-electron chi connectivity index (χ4n) is 2.05. The number of fused-ring (bicyclic) bond motifs is 3. The molecule has 4 nitrogen and oxygen atoms in total. The fraction of sp³-hybridized carbons (Fsp3) is 0.143. The van der Waals surface area contributed by atoms with Gasteiger partial charge in [-0.05, 0) is 37.3 Å². The summed E-state index contributed by atoms with van der Waals surface area (Å²) in [5, 5.41) is 1.67. The van der Waals surface area contributed by atoms with Crippen molar-refractivity contribution in [2.24, 2.45) is 0 Å². The Kier molecular flexibility index (Phi) is 2.87. The minimum absolute atomic E-state index is 0.310. The van der Waals surface area contributed by atoms with Gasteiger partial charge in [0, 0.05) is 16.6 Å². The molecule has 0 N–H and O–H groups in total. The summed E-state index contributed by atoms with van der Waals surface area (Å²) in [5.74, 6) is -0.409. The number of imidazole rings is 1. The highest BCUT2D eigenvalue weighted by Gasteiger charge is 2.12. The number of carbonyl (C=O) groups is 1. The van der Waals surface area contributed by atoms with Gasteiger partial charge in [0.1, 0.15) is 5.65 Å². The molecule has 0 aliphatic heterocycles. The molecule has 0 radical (unpaired) electrons. The molecule has 3 rings (SSSR count). The van der Waals surface area contributed by atoms with Crippen LogP contribution in [0.2, 0.25) is 5.02 Å². The zero-order valence-electron chi connectivity index (χ0n) is 10.3. The average molecular weight is 275 g/mol. The first-order valence-corrected chi connectivity index (χ1v) is 6.31. The van der Waals surface area contributed by atoms with Gasteiger partial charge in [-0.1, -0.05) is 11.6 Å². The van der Waals surface area contributed by atoms with Crippen LogP contribution in [0.5, 0.6) is 0 Å². The quantitative estimate of drug-likeness (QED) is 0.673. The van der Waals surface area contributed by atoms with Gasteiger partial charge in [0.25, 0.3) is 0 Å². The van der Waals surface area contributed by atoms with Crippen LogP contribution in [0.4, 0.5) is 0 Å². The van der Waals surface area contributed by atoms with Crippen molar-refractivity contribution in [3.63, 3.8) is 0 Å². The maximum Gasteiger partial charge on any atom is 0.358 e. The number of pyridine rings is 1. The first-order valence-electron chi connectivity index (χ1n) is 5.93. The first-order chi connectivity index (χ1) is 9.19. The summed E-state index contributed by atoms with van der Waals surface area (Å²) in [5.41, 5.74) is 1.96. The number of nitrogens with zero attached hydrogens (tertiary/aromatic N) is 2. The predicted octanol–water partition coefficient (Wildman–Crippen LogP) is 3.32. The Hall–Kier alpha value is -2.07. The lowest BCUT2D eigenvalue weighted by atomic mass is 10.2. The van der Waals surface area contributed by atoms with E-state index in [1.54, 1.807) is 13.1 Å². The predicted molar refractivity (Wildman–Crippen MR) is 73.7 cm³/mol. The Morgan fingerprint density at radius 3 is 3.00 bits per heavy atom. The monoisotopic (exact) mass is 274 g/mol. The van der Waals surface area contributed by atoms with E-state index in [4.69, 9.17) is 16.3 Å². The van der Waals surface area contributed by atoms with E-state index in [2.05, 4.69) is 4.98 Å². The lowest BCUT2D eigenvalue weighted by Crippen LogP contribution is -2.04. The maximum atomic E-state index is 11.7. The number of rotatable bonds is 2. The summed E-state index contributed by atoms with van der Waals surface area (Å²) < 4.78 is 6.81. The summed E-state index contributed by atoms with van der Waals surface area (Å²) in [6, 6.07) is 9.37. The molecule has 0 aliphatic rings. The number of benzene rings is 1. The summed E-state index contributed by atoms with van der Waals surface area (Å²) in [7, 11) is 0. The topological polar surface area (TPSA) is 43.6 Å². The van der Waals surface area contributed by atoms with Crippen molar-refractivity contribution in [2.45, 2.75) is 6.92 Å². The molecule has 1 aromatic carbocycles. The summed E-state index contributed by atoms with van der Waals surface area (Å²) >= 11 is 5.97. The molecule has 0 fully saturated rings. The molecule has 0 unspecified atom stereocenters. The molecule has 0 aliphatic carbocycles. The van der Waals surface area contributed by atoms with Crippen molar-refractivity contribution in [1.29, 1.82) is 0 Å². The average Bonchev–Trinajstić information content (AvgIpc) is 2.82. The molecule has 2 aromatic heterocycles. The number of carbonyl (C=O) groups excluding carboxylic acids is 1. The molecule has 5 heteroatoms. The molecule has 19 heavy (non-hydrogen) atoms. The molecule has 0 bridgehead atoms. The van der Waals surface area contributed by atoms with Crippen molar-refractivity contribution in [2.75, 3.05) is 6.61 Å². The molecule has 3 aromatic rings. The van der Waals surface area contributed by atoms with Crippen LogP contribution in [0.3, 0.4) is 0 Å². The number of hydrogen-bond acceptors (Lipinski definition) is 3. The summed E-state index contributed by atoms with van der Waals surface area (Å²) in [6.07, 6.45) is 1.68. The van der Waals surface area contributed by atoms with Crippen LogP contribution in [0.25, 0.3) is 16.6 Å². The van der Waals surface area contributed by atoms with Crippen LogP contribution < -0.4 is 0 Å². The summed E-state index contributed by atoms with van der Waals surface area (Å²) in [6.45, 7) is 2.11. The third-order valence-electron chi connectivity index (χ3n) is 2.88. The van der Waals surface area contributed by atoms with E-state index < -0.39 is 5.97 Å². The first kappa shape index (κ1) is 12.0. The number of ether oxygens (including phenoxy) is 1. The Labute approximate surface area is 114 Å². The number of hydrogen-bond donors (Lipinski definition) is 0. The Bertz CT molecular complexity index is 780. The Morgan fingerprint density at radius 2 is 2.21 bits per heavy atom. The normalized spacial score (nSPS) is 11.1. The largest absolute Gasteiger partial charge is 0.461 e. The zero-order chi connectivity index (χ0) is 13.4. The third kappa shape index (κ3) is 2.04. The maximum absolute atomic E-state index is 11.7. The van der Waals surface area contributed by atoms with Gasteiger partial charge in [0.15, 0.2) is 5.69 Å². The molecule has 0 atom stereocenters. The van der Waals surface area contributed by atoms with Gasteiger partial charge in [-0.3, -0.25) is 4.40 Å². The molecule has 0 saturated heterocycles. The van der Waals surface area contributed by atoms with Gasteiger partial charge in [0.2, 0.25) is 0 Å². The number of halogens is 1. The van der Waals surface area contributed by atoms with E-state index in [1.165, 1.54) is 0 Å². The lowest BCUT2D eigenvalue weighted by Gasteiger charge is -2.01. The van der Waals surface area contributed by atoms with Crippen LogP contribution in [0.1, 0.15) is 17.4 Å². The van der Waals surface area contributed by atoms with Crippen molar-refractivity contribution < 1.29 is 9.53 Å². The van der Waals surface area contributed by atoms with Crippen molar-refractivity contribution >= 4 is 34.1 Å². The van der Waals surface area contributed by atoms with Crippen molar-refractivity contribution in [3.8, 4) is 0 Å². The molecular weight excluding hydrogens is 264 g/mol. The van der Waals surface area contributed by atoms with E-state index in [9.17, 15) is 4.79 Å². The minimum atomic E-state index is -0.409. The van der Waals surface area contributed by atoms with Gasteiger partial charge in [-0.25, -0.2) is 9.78 Å². The molecule has 2 heterocycles. The van der Waals surface area contributed by atoms with Crippen LogP contribution >= 0.6 is 11.6 Å². The number of esters is 1.